The number of hydrogen-bond donors (Lipinski definition) is 2. The van der Waals surface area contributed by atoms with Crippen molar-refractivity contribution in [1.29, 1.82) is 0 Å². The zero-order chi connectivity index (χ0) is 22.0. The quantitative estimate of drug-likeness (QED) is 0.584. The number of ether oxygens (including phenoxy) is 1. The van der Waals surface area contributed by atoms with Crippen LogP contribution in [0, 0.1) is 0 Å². The minimum Gasteiger partial charge on any atom is -0.507 e. The lowest BCUT2D eigenvalue weighted by Crippen LogP contribution is -2.34. The molecule has 0 saturated carbocycles. The van der Waals surface area contributed by atoms with E-state index in [0.717, 1.165) is 36.7 Å². The summed E-state index contributed by atoms with van der Waals surface area (Å²) < 4.78 is 44.9. The molecule has 2 N–H and O–H groups in total. The number of H-pyrrole nitrogens is 1. The molecule has 1 aliphatic heterocycles. The standard InChI is InChI=1S/C23H24F3N3O2/c1-31-21-9-3-8-20(30)19(21)14-29-10-4-6-16(13-29)22-18(12-27-28-22)15-5-2-7-17(11-15)23(24,25)26/h2-3,5,7-9,11-12,16,30H,4,6,10,13-14H2,1H3,(H,27,28)/t16-/m0/s1. The predicted octanol–water partition coefficient (Wildman–Crippen LogP) is 5.19. The summed E-state index contributed by atoms with van der Waals surface area (Å²) in [5.74, 6) is 0.915. The van der Waals surface area contributed by atoms with Gasteiger partial charge in [-0.05, 0) is 49.2 Å². The molecule has 0 amide bonds. The van der Waals surface area contributed by atoms with Gasteiger partial charge in [0.05, 0.1) is 18.9 Å². The third-order valence-corrected chi connectivity index (χ3v) is 5.79. The number of piperidine rings is 1. The molecule has 8 heteroatoms. The van der Waals surface area contributed by atoms with Crippen molar-refractivity contribution in [3.05, 3.63) is 65.5 Å². The highest BCUT2D eigenvalue weighted by Crippen LogP contribution is 2.37. The van der Waals surface area contributed by atoms with Crippen molar-refractivity contribution in [1.82, 2.24) is 15.1 Å². The van der Waals surface area contributed by atoms with Crippen LogP contribution in [0.3, 0.4) is 0 Å². The second-order valence-corrected chi connectivity index (χ2v) is 7.81. The zero-order valence-electron chi connectivity index (χ0n) is 17.1. The minimum absolute atomic E-state index is 0.0950. The zero-order valence-corrected chi connectivity index (χ0v) is 17.1. The topological polar surface area (TPSA) is 61.4 Å². The number of rotatable bonds is 5. The molecule has 1 aliphatic rings. The maximum atomic E-state index is 13.2. The van der Waals surface area contributed by atoms with Crippen molar-refractivity contribution in [2.75, 3.05) is 20.2 Å². The summed E-state index contributed by atoms with van der Waals surface area (Å²) in [6.45, 7) is 2.09. The molecule has 4 rings (SSSR count). The number of aromatic nitrogens is 2. The van der Waals surface area contributed by atoms with Gasteiger partial charge in [-0.1, -0.05) is 18.2 Å². The third-order valence-electron chi connectivity index (χ3n) is 5.79. The van der Waals surface area contributed by atoms with Gasteiger partial charge in [0.1, 0.15) is 11.5 Å². The van der Waals surface area contributed by atoms with Crippen LogP contribution >= 0.6 is 0 Å². The van der Waals surface area contributed by atoms with Crippen LogP contribution < -0.4 is 4.74 Å². The van der Waals surface area contributed by atoms with E-state index < -0.39 is 11.7 Å². The van der Waals surface area contributed by atoms with Gasteiger partial charge in [-0.2, -0.15) is 18.3 Å². The molecule has 1 fully saturated rings. The van der Waals surface area contributed by atoms with E-state index in [1.807, 2.05) is 6.07 Å². The highest BCUT2D eigenvalue weighted by molar-refractivity contribution is 5.66. The lowest BCUT2D eigenvalue weighted by atomic mass is 9.90. The molecule has 0 unspecified atom stereocenters. The van der Waals surface area contributed by atoms with Gasteiger partial charge in [0.15, 0.2) is 0 Å². The second-order valence-electron chi connectivity index (χ2n) is 7.81. The number of hydrogen-bond acceptors (Lipinski definition) is 4. The van der Waals surface area contributed by atoms with E-state index in [1.54, 1.807) is 31.5 Å². The molecule has 164 valence electrons. The van der Waals surface area contributed by atoms with E-state index in [0.29, 0.717) is 30.0 Å². The third kappa shape index (κ3) is 4.54. The number of halogens is 3. The first kappa shape index (κ1) is 21.2. The normalized spacial score (nSPS) is 17.6. The van der Waals surface area contributed by atoms with Gasteiger partial charge in [-0.25, -0.2) is 0 Å². The molecule has 0 bridgehead atoms. The van der Waals surface area contributed by atoms with Gasteiger partial charge in [-0.15, -0.1) is 0 Å². The molecule has 2 aromatic carbocycles. The van der Waals surface area contributed by atoms with Gasteiger partial charge in [0.25, 0.3) is 0 Å². The molecule has 1 aromatic heterocycles. The molecule has 5 nitrogen and oxygen atoms in total. The van der Waals surface area contributed by atoms with Crippen LogP contribution in [0.5, 0.6) is 11.5 Å². The Hall–Kier alpha value is -3.00. The molecule has 2 heterocycles. The lowest BCUT2D eigenvalue weighted by molar-refractivity contribution is -0.137. The number of phenolic OH excluding ortho intramolecular Hbond substituents is 1. The van der Waals surface area contributed by atoms with Gasteiger partial charge < -0.3 is 9.84 Å². The molecular formula is C23H24F3N3O2. The van der Waals surface area contributed by atoms with Crippen LogP contribution in [0.15, 0.2) is 48.7 Å². The van der Waals surface area contributed by atoms with Crippen LogP contribution in [0.4, 0.5) is 13.2 Å². The lowest BCUT2D eigenvalue weighted by Gasteiger charge is -2.33. The SMILES string of the molecule is COc1cccc(O)c1CN1CCC[C@H](c2[nH]ncc2-c2cccc(C(F)(F)F)c2)C1. The first-order valence-corrected chi connectivity index (χ1v) is 10.1. The summed E-state index contributed by atoms with van der Waals surface area (Å²) in [7, 11) is 1.57. The van der Waals surface area contributed by atoms with Crippen molar-refractivity contribution in [2.45, 2.75) is 31.5 Å². The Labute approximate surface area is 178 Å². The number of likely N-dealkylation sites (tertiary alicyclic amines) is 1. The smallest absolute Gasteiger partial charge is 0.416 e. The summed E-state index contributed by atoms with van der Waals surface area (Å²) in [6, 6.07) is 10.5. The molecule has 0 spiro atoms. The predicted molar refractivity (Wildman–Crippen MR) is 111 cm³/mol. The monoisotopic (exact) mass is 431 g/mol. The first-order chi connectivity index (χ1) is 14.9. The highest BCUT2D eigenvalue weighted by atomic mass is 19.4. The molecule has 1 atom stereocenters. The maximum absolute atomic E-state index is 13.2. The molecule has 3 aromatic rings. The Kier molecular flexibility index (Phi) is 5.91. The Morgan fingerprint density at radius 3 is 2.81 bits per heavy atom. The fourth-order valence-corrected chi connectivity index (χ4v) is 4.26. The van der Waals surface area contributed by atoms with Crippen LogP contribution in [0.1, 0.15) is 35.6 Å². The number of aromatic amines is 1. The van der Waals surface area contributed by atoms with Crippen molar-refractivity contribution >= 4 is 0 Å². The Morgan fingerprint density at radius 1 is 1.23 bits per heavy atom. The Morgan fingerprint density at radius 2 is 2.03 bits per heavy atom. The highest BCUT2D eigenvalue weighted by Gasteiger charge is 2.31. The Balaban J connectivity index is 1.57. The average Bonchev–Trinajstić information content (AvgIpc) is 3.25. The number of aromatic hydroxyl groups is 1. The van der Waals surface area contributed by atoms with Gasteiger partial charge in [0, 0.05) is 35.8 Å². The largest absolute Gasteiger partial charge is 0.507 e. The summed E-state index contributed by atoms with van der Waals surface area (Å²) in [5, 5.41) is 17.4. The van der Waals surface area contributed by atoms with Crippen molar-refractivity contribution in [3.63, 3.8) is 0 Å². The summed E-state index contributed by atoms with van der Waals surface area (Å²) in [4.78, 5) is 2.22. The number of nitrogens with one attached hydrogen (secondary N) is 1. The molecule has 0 aliphatic carbocycles. The van der Waals surface area contributed by atoms with Gasteiger partial charge >= 0.3 is 6.18 Å². The van der Waals surface area contributed by atoms with Crippen molar-refractivity contribution in [2.24, 2.45) is 0 Å². The van der Waals surface area contributed by atoms with Crippen LogP contribution in [0.2, 0.25) is 0 Å². The molecule has 0 radical (unpaired) electrons. The second kappa shape index (κ2) is 8.63. The molecular weight excluding hydrogens is 407 g/mol. The van der Waals surface area contributed by atoms with Crippen LogP contribution in [0.25, 0.3) is 11.1 Å². The van der Waals surface area contributed by atoms with Gasteiger partial charge in [0.2, 0.25) is 0 Å². The fourth-order valence-electron chi connectivity index (χ4n) is 4.26. The maximum Gasteiger partial charge on any atom is 0.416 e. The average molecular weight is 431 g/mol. The molecule has 31 heavy (non-hydrogen) atoms. The number of nitrogens with zero attached hydrogens (tertiary/aromatic N) is 2. The summed E-state index contributed by atoms with van der Waals surface area (Å²) in [6.07, 6.45) is -0.960. The Bertz CT molecular complexity index is 1050. The number of methoxy groups -OCH3 is 1. The minimum atomic E-state index is -4.39. The fraction of sp³-hybridized carbons (Fsp3) is 0.348. The first-order valence-electron chi connectivity index (χ1n) is 10.1. The van der Waals surface area contributed by atoms with E-state index in [4.69, 9.17) is 4.74 Å². The van der Waals surface area contributed by atoms with Gasteiger partial charge in [-0.3, -0.25) is 10.00 Å². The van der Waals surface area contributed by atoms with E-state index in [9.17, 15) is 18.3 Å². The van der Waals surface area contributed by atoms with E-state index >= 15 is 0 Å². The van der Waals surface area contributed by atoms with E-state index in [1.165, 1.54) is 12.1 Å². The van der Waals surface area contributed by atoms with E-state index in [2.05, 4.69) is 15.1 Å². The number of phenols is 1. The van der Waals surface area contributed by atoms with Crippen molar-refractivity contribution < 1.29 is 23.0 Å². The van der Waals surface area contributed by atoms with Crippen LogP contribution in [-0.2, 0) is 12.7 Å². The van der Waals surface area contributed by atoms with Crippen LogP contribution in [-0.4, -0.2) is 40.4 Å². The molecule has 1 saturated heterocycles. The van der Waals surface area contributed by atoms with Crippen molar-refractivity contribution in [3.8, 4) is 22.6 Å². The van der Waals surface area contributed by atoms with E-state index in [-0.39, 0.29) is 11.7 Å². The number of alkyl halides is 3. The summed E-state index contributed by atoms with van der Waals surface area (Å²) in [5.41, 5.74) is 2.09. The summed E-state index contributed by atoms with van der Waals surface area (Å²) >= 11 is 0. The number of benzene rings is 2.